The van der Waals surface area contributed by atoms with Gasteiger partial charge in [0.1, 0.15) is 18.3 Å². The van der Waals surface area contributed by atoms with Gasteiger partial charge in [-0.25, -0.2) is 4.98 Å². The van der Waals surface area contributed by atoms with Gasteiger partial charge in [0, 0.05) is 18.2 Å². The van der Waals surface area contributed by atoms with Crippen LogP contribution in [0.2, 0.25) is 0 Å². The molecule has 204 valence electrons. The smallest absolute Gasteiger partial charge is 0.231 e. The number of benzene rings is 3. The van der Waals surface area contributed by atoms with Crippen LogP contribution in [0.3, 0.4) is 0 Å². The Morgan fingerprint density at radius 3 is 2.05 bits per heavy atom. The molecular weight excluding hydrogens is 508 g/mol. The predicted octanol–water partition coefficient (Wildman–Crippen LogP) is 3.43. The number of ether oxygens (including phenoxy) is 1. The monoisotopic (exact) mass is 538 g/mol. The molecule has 0 spiro atoms. The lowest BCUT2D eigenvalue weighted by atomic mass is 9.91. The van der Waals surface area contributed by atoms with Crippen molar-refractivity contribution < 1.29 is 20.1 Å². The Kier molecular flexibility index (Phi) is 7.39. The van der Waals surface area contributed by atoms with Crippen LogP contribution in [0.5, 0.6) is 0 Å². The Morgan fingerprint density at radius 2 is 1.45 bits per heavy atom. The van der Waals surface area contributed by atoms with Crippen molar-refractivity contribution in [2.75, 3.05) is 23.8 Å². The molecule has 5 N–H and O–H groups in total. The molecule has 1 saturated heterocycles. The summed E-state index contributed by atoms with van der Waals surface area (Å²) in [5.74, 6) is 0.872. The van der Waals surface area contributed by atoms with E-state index in [4.69, 9.17) is 14.7 Å². The minimum absolute atomic E-state index is 0.0421. The highest BCUT2D eigenvalue weighted by molar-refractivity contribution is 5.85. The van der Waals surface area contributed by atoms with Gasteiger partial charge in [-0.05, 0) is 23.3 Å². The number of aliphatic hydroxyl groups excluding tert-OH is 3. The van der Waals surface area contributed by atoms with E-state index in [1.165, 1.54) is 6.33 Å². The minimum Gasteiger partial charge on any atom is -0.394 e. The molecule has 5 aromatic rings. The Labute approximate surface area is 231 Å². The Bertz CT molecular complexity index is 1510. The average molecular weight is 539 g/mol. The fourth-order valence-corrected chi connectivity index (χ4v) is 5.04. The van der Waals surface area contributed by atoms with Gasteiger partial charge < -0.3 is 30.7 Å². The number of aliphatic hydroxyl groups is 3. The fourth-order valence-electron chi connectivity index (χ4n) is 5.04. The first-order valence-electron chi connectivity index (χ1n) is 13.1. The summed E-state index contributed by atoms with van der Waals surface area (Å²) < 4.78 is 7.33. The molecule has 3 heterocycles. The molecule has 10 heteroatoms. The molecule has 1 aliphatic rings. The van der Waals surface area contributed by atoms with Crippen molar-refractivity contribution in [2.45, 2.75) is 30.5 Å². The average Bonchev–Trinajstić information content (AvgIpc) is 3.54. The fraction of sp³-hybridized carbons (Fsp3) is 0.233. The van der Waals surface area contributed by atoms with Gasteiger partial charge in [0.15, 0.2) is 23.2 Å². The number of para-hydroxylation sites is 1. The Hall–Kier alpha value is -4.35. The third-order valence-electron chi connectivity index (χ3n) is 7.12. The van der Waals surface area contributed by atoms with Crippen LogP contribution in [0.1, 0.15) is 23.3 Å². The van der Waals surface area contributed by atoms with E-state index in [2.05, 4.69) is 39.9 Å². The number of rotatable bonds is 9. The van der Waals surface area contributed by atoms with Crippen LogP contribution >= 0.6 is 0 Å². The number of imidazole rings is 1. The molecule has 1 aliphatic heterocycles. The molecule has 40 heavy (non-hydrogen) atoms. The topological polar surface area (TPSA) is 138 Å². The van der Waals surface area contributed by atoms with E-state index in [9.17, 15) is 15.3 Å². The lowest BCUT2D eigenvalue weighted by molar-refractivity contribution is -0.0511. The van der Waals surface area contributed by atoms with Crippen LogP contribution in [0, 0.1) is 0 Å². The summed E-state index contributed by atoms with van der Waals surface area (Å²) >= 11 is 0. The van der Waals surface area contributed by atoms with Crippen LogP contribution in [-0.2, 0) is 4.74 Å². The molecule has 0 saturated carbocycles. The van der Waals surface area contributed by atoms with E-state index in [1.54, 1.807) is 4.57 Å². The zero-order valence-electron chi connectivity index (χ0n) is 21.6. The summed E-state index contributed by atoms with van der Waals surface area (Å²) in [4.78, 5) is 14.0. The van der Waals surface area contributed by atoms with Crippen molar-refractivity contribution >= 4 is 28.6 Å². The summed E-state index contributed by atoms with van der Waals surface area (Å²) in [5.41, 5.74) is 4.01. The highest BCUT2D eigenvalue weighted by Crippen LogP contribution is 2.33. The molecule has 0 bridgehead atoms. The number of hydrogen-bond donors (Lipinski definition) is 5. The Balaban J connectivity index is 1.38. The standard InChI is InChI=1S/C30H30N6O4/c37-17-23-25(38)26(39)29(40-23)36-18-32-24-27(34-30(35-28(24)36)33-21-14-8-3-9-15-21)31-16-22(19-10-4-1-5-11-19)20-12-6-2-7-13-20/h1-15,18,22-23,25-26,29,37-39H,16-17H2,(H2,31,33,34,35)/t23-,25-,26-,29?/m1/s1. The van der Waals surface area contributed by atoms with Crippen molar-refractivity contribution in [2.24, 2.45) is 0 Å². The normalized spacial score (nSPS) is 20.7. The molecule has 2 aromatic heterocycles. The maximum atomic E-state index is 10.7. The maximum Gasteiger partial charge on any atom is 0.231 e. The molecular formula is C30H30N6O4. The molecule has 3 aromatic carbocycles. The second-order valence-electron chi connectivity index (χ2n) is 9.69. The molecule has 4 atom stereocenters. The third-order valence-corrected chi connectivity index (χ3v) is 7.12. The van der Waals surface area contributed by atoms with Gasteiger partial charge in [-0.2, -0.15) is 9.97 Å². The highest BCUT2D eigenvalue weighted by atomic mass is 16.6. The highest BCUT2D eigenvalue weighted by Gasteiger charge is 2.44. The molecule has 1 unspecified atom stereocenters. The van der Waals surface area contributed by atoms with Gasteiger partial charge in [-0.15, -0.1) is 0 Å². The second-order valence-corrected chi connectivity index (χ2v) is 9.69. The number of nitrogens with zero attached hydrogens (tertiary/aromatic N) is 4. The van der Waals surface area contributed by atoms with Gasteiger partial charge >= 0.3 is 0 Å². The minimum atomic E-state index is -1.27. The van der Waals surface area contributed by atoms with Gasteiger partial charge in [-0.3, -0.25) is 4.57 Å². The molecule has 0 aliphatic carbocycles. The second kappa shape index (κ2) is 11.4. The van der Waals surface area contributed by atoms with Crippen LogP contribution in [0.25, 0.3) is 11.2 Å². The summed E-state index contributed by atoms with van der Waals surface area (Å²) in [6.07, 6.45) is -2.91. The van der Waals surface area contributed by atoms with Gasteiger partial charge in [0.25, 0.3) is 0 Å². The lowest BCUT2D eigenvalue weighted by Gasteiger charge is -2.20. The quantitative estimate of drug-likeness (QED) is 0.191. The van der Waals surface area contributed by atoms with Crippen molar-refractivity contribution in [3.05, 3.63) is 108 Å². The van der Waals surface area contributed by atoms with E-state index in [0.29, 0.717) is 29.5 Å². The number of fused-ring (bicyclic) bond motifs is 1. The van der Waals surface area contributed by atoms with E-state index >= 15 is 0 Å². The van der Waals surface area contributed by atoms with Crippen molar-refractivity contribution in [1.82, 2.24) is 19.5 Å². The summed E-state index contributed by atoms with van der Waals surface area (Å²) in [6.45, 7) is 0.107. The molecule has 10 nitrogen and oxygen atoms in total. The van der Waals surface area contributed by atoms with Crippen LogP contribution < -0.4 is 10.6 Å². The molecule has 0 radical (unpaired) electrons. The van der Waals surface area contributed by atoms with Crippen LogP contribution in [0.4, 0.5) is 17.5 Å². The summed E-state index contributed by atoms with van der Waals surface area (Å²) in [5, 5.41) is 37.3. The largest absolute Gasteiger partial charge is 0.394 e. The van der Waals surface area contributed by atoms with Gasteiger partial charge in [0.05, 0.1) is 12.9 Å². The van der Waals surface area contributed by atoms with Crippen LogP contribution in [-0.4, -0.2) is 66.3 Å². The number of anilines is 3. The lowest BCUT2D eigenvalue weighted by Crippen LogP contribution is -2.33. The third kappa shape index (κ3) is 5.13. The van der Waals surface area contributed by atoms with Crippen molar-refractivity contribution in [3.63, 3.8) is 0 Å². The van der Waals surface area contributed by atoms with E-state index < -0.39 is 31.1 Å². The van der Waals surface area contributed by atoms with Crippen LogP contribution in [0.15, 0.2) is 97.3 Å². The van der Waals surface area contributed by atoms with E-state index in [0.717, 1.165) is 16.8 Å². The van der Waals surface area contributed by atoms with E-state index in [1.807, 2.05) is 66.7 Å². The SMILES string of the molecule is OC[C@H]1OC(n2cnc3c(NCC(c4ccccc4)c4ccccc4)nc(Nc4ccccc4)nc32)[C@H](O)[C@@H]1O. The molecule has 0 amide bonds. The first-order valence-corrected chi connectivity index (χ1v) is 13.1. The van der Waals surface area contributed by atoms with Crippen molar-refractivity contribution in [1.29, 1.82) is 0 Å². The summed E-state index contributed by atoms with van der Waals surface area (Å²) in [6, 6.07) is 30.1. The Morgan fingerprint density at radius 1 is 0.825 bits per heavy atom. The molecule has 1 fully saturated rings. The predicted molar refractivity (Wildman–Crippen MR) is 151 cm³/mol. The zero-order valence-corrected chi connectivity index (χ0v) is 21.6. The first-order chi connectivity index (χ1) is 19.6. The van der Waals surface area contributed by atoms with E-state index in [-0.39, 0.29) is 5.92 Å². The molecule has 6 rings (SSSR count). The summed E-state index contributed by atoms with van der Waals surface area (Å²) in [7, 11) is 0. The number of nitrogens with one attached hydrogen (secondary N) is 2. The van der Waals surface area contributed by atoms with Gasteiger partial charge in [0.2, 0.25) is 5.95 Å². The number of hydrogen-bond acceptors (Lipinski definition) is 9. The zero-order chi connectivity index (χ0) is 27.5. The first kappa shape index (κ1) is 25.9. The maximum absolute atomic E-state index is 10.7. The van der Waals surface area contributed by atoms with Gasteiger partial charge in [-0.1, -0.05) is 78.9 Å². The van der Waals surface area contributed by atoms with Crippen molar-refractivity contribution in [3.8, 4) is 0 Å². The number of aromatic nitrogens is 4.